The molecule has 0 fully saturated rings. The van der Waals surface area contributed by atoms with Crippen LogP contribution in [0.3, 0.4) is 0 Å². The van der Waals surface area contributed by atoms with Crippen molar-refractivity contribution < 1.29 is 0 Å². The molecule has 0 spiro atoms. The largest absolute Gasteiger partial charge is 0.279 e. The van der Waals surface area contributed by atoms with Crippen LogP contribution in [0.2, 0.25) is 0 Å². The number of thiazole rings is 1. The van der Waals surface area contributed by atoms with E-state index in [-0.39, 0.29) is 0 Å². The number of aromatic nitrogens is 4. The number of rotatable bonds is 1. The van der Waals surface area contributed by atoms with Crippen molar-refractivity contribution in [3.05, 3.63) is 64.4 Å². The van der Waals surface area contributed by atoms with Gasteiger partial charge in [0, 0.05) is 5.69 Å². The van der Waals surface area contributed by atoms with E-state index in [1.54, 1.807) is 11.3 Å². The lowest BCUT2D eigenvalue weighted by atomic mass is 10.3. The molecule has 0 radical (unpaired) electrons. The summed E-state index contributed by atoms with van der Waals surface area (Å²) in [5.41, 5.74) is 4.87. The first-order chi connectivity index (χ1) is 11.7. The Morgan fingerprint density at radius 2 is 1.67 bits per heavy atom. The lowest BCUT2D eigenvalue weighted by Crippen LogP contribution is -2.00. The minimum atomic E-state index is 0.781. The first-order valence-electron chi connectivity index (χ1n) is 7.59. The third-order valence-corrected chi connectivity index (χ3v) is 5.52. The Kier molecular flexibility index (Phi) is 2.86. The van der Waals surface area contributed by atoms with E-state index in [4.69, 9.17) is 22.2 Å². The minimum Gasteiger partial charge on any atom is -0.279 e. The van der Waals surface area contributed by atoms with E-state index in [1.807, 2.05) is 60.0 Å². The van der Waals surface area contributed by atoms with Gasteiger partial charge in [-0.15, -0.1) is 0 Å². The molecule has 0 N–H and O–H groups in total. The van der Waals surface area contributed by atoms with E-state index in [2.05, 4.69) is 10.5 Å². The summed E-state index contributed by atoms with van der Waals surface area (Å²) in [5, 5.41) is 0. The smallest absolute Gasteiger partial charge is 0.168 e. The van der Waals surface area contributed by atoms with Gasteiger partial charge >= 0.3 is 0 Å². The van der Waals surface area contributed by atoms with Gasteiger partial charge in [0.1, 0.15) is 10.5 Å². The van der Waals surface area contributed by atoms with Crippen molar-refractivity contribution in [1.82, 2.24) is 18.9 Å². The SMILES string of the molecule is Cc1nc2c(sc(=S)n2-c2ccccc2)c2nc3ccccc3n12. The summed E-state index contributed by atoms with van der Waals surface area (Å²) in [7, 11) is 0. The Morgan fingerprint density at radius 1 is 0.917 bits per heavy atom. The number of para-hydroxylation sites is 3. The van der Waals surface area contributed by atoms with Crippen LogP contribution in [0, 0.1) is 10.9 Å². The molecule has 6 heteroatoms. The molecule has 0 saturated heterocycles. The average Bonchev–Trinajstić information content (AvgIpc) is 3.14. The van der Waals surface area contributed by atoms with Gasteiger partial charge in [-0.25, -0.2) is 9.97 Å². The highest BCUT2D eigenvalue weighted by molar-refractivity contribution is 7.73. The van der Waals surface area contributed by atoms with Crippen molar-refractivity contribution in [1.29, 1.82) is 0 Å². The highest BCUT2D eigenvalue weighted by atomic mass is 32.1. The Hall–Kier alpha value is -2.57. The van der Waals surface area contributed by atoms with Crippen molar-refractivity contribution in [2.75, 3.05) is 0 Å². The van der Waals surface area contributed by atoms with Gasteiger partial charge < -0.3 is 0 Å². The van der Waals surface area contributed by atoms with Crippen LogP contribution in [-0.2, 0) is 0 Å². The van der Waals surface area contributed by atoms with Gasteiger partial charge in [0.25, 0.3) is 0 Å². The Balaban J connectivity index is 2.00. The molecular formula is C18H12N4S2. The quantitative estimate of drug-likeness (QED) is 0.403. The van der Waals surface area contributed by atoms with Crippen LogP contribution < -0.4 is 0 Å². The average molecular weight is 348 g/mol. The Morgan fingerprint density at radius 3 is 2.50 bits per heavy atom. The summed E-state index contributed by atoms with van der Waals surface area (Å²) in [6, 6.07) is 18.2. The first kappa shape index (κ1) is 13.8. The summed E-state index contributed by atoms with van der Waals surface area (Å²) in [6.07, 6.45) is 0. The molecule has 0 amide bonds. The molecule has 0 aliphatic rings. The number of nitrogens with zero attached hydrogens (tertiary/aromatic N) is 4. The van der Waals surface area contributed by atoms with Crippen LogP contribution in [0.25, 0.3) is 32.7 Å². The number of imidazole rings is 1. The second-order valence-corrected chi connectivity index (χ2v) is 7.25. The summed E-state index contributed by atoms with van der Waals surface area (Å²) in [6.45, 7) is 2.01. The van der Waals surface area contributed by atoms with E-state index < -0.39 is 0 Å². The minimum absolute atomic E-state index is 0.781. The molecule has 0 aliphatic heterocycles. The van der Waals surface area contributed by atoms with Gasteiger partial charge in [0.2, 0.25) is 0 Å². The monoisotopic (exact) mass is 348 g/mol. The molecular weight excluding hydrogens is 336 g/mol. The van der Waals surface area contributed by atoms with Gasteiger partial charge in [-0.05, 0) is 43.4 Å². The van der Waals surface area contributed by atoms with Crippen molar-refractivity contribution in [2.24, 2.45) is 0 Å². The first-order valence-corrected chi connectivity index (χ1v) is 8.81. The maximum Gasteiger partial charge on any atom is 0.168 e. The van der Waals surface area contributed by atoms with Gasteiger partial charge in [-0.2, -0.15) is 0 Å². The van der Waals surface area contributed by atoms with Gasteiger partial charge in [-0.1, -0.05) is 41.7 Å². The van der Waals surface area contributed by atoms with Gasteiger partial charge in [0.15, 0.2) is 15.2 Å². The lowest BCUT2D eigenvalue weighted by Gasteiger charge is -2.06. The van der Waals surface area contributed by atoms with Crippen molar-refractivity contribution >= 4 is 50.6 Å². The fourth-order valence-electron chi connectivity index (χ4n) is 3.13. The summed E-state index contributed by atoms with van der Waals surface area (Å²) in [4.78, 5) is 9.68. The molecule has 0 bridgehead atoms. The van der Waals surface area contributed by atoms with Crippen molar-refractivity contribution in [2.45, 2.75) is 6.92 Å². The fourth-order valence-corrected chi connectivity index (χ4v) is 4.48. The third kappa shape index (κ3) is 1.81. The van der Waals surface area contributed by atoms with E-state index >= 15 is 0 Å². The summed E-state index contributed by atoms with van der Waals surface area (Å²) < 4.78 is 5.94. The van der Waals surface area contributed by atoms with Crippen LogP contribution >= 0.6 is 23.6 Å². The molecule has 3 aromatic heterocycles. The van der Waals surface area contributed by atoms with Crippen LogP contribution in [-0.4, -0.2) is 18.9 Å². The highest BCUT2D eigenvalue weighted by Crippen LogP contribution is 2.31. The summed E-state index contributed by atoms with van der Waals surface area (Å²) >= 11 is 7.19. The number of aryl methyl sites for hydroxylation is 1. The highest BCUT2D eigenvalue weighted by Gasteiger charge is 2.17. The topological polar surface area (TPSA) is 35.1 Å². The van der Waals surface area contributed by atoms with Crippen LogP contribution in [0.5, 0.6) is 0 Å². The van der Waals surface area contributed by atoms with Gasteiger partial charge in [-0.3, -0.25) is 8.97 Å². The molecule has 116 valence electrons. The lowest BCUT2D eigenvalue weighted by molar-refractivity contribution is 0.999. The van der Waals surface area contributed by atoms with Crippen molar-refractivity contribution in [3.63, 3.8) is 0 Å². The molecule has 5 rings (SSSR count). The molecule has 3 heterocycles. The maximum atomic E-state index is 5.63. The zero-order chi connectivity index (χ0) is 16.3. The van der Waals surface area contributed by atoms with Crippen molar-refractivity contribution in [3.8, 4) is 5.69 Å². The standard InChI is InChI=1S/C18H12N4S2/c1-11-19-16-15(17-20-13-9-5-6-10-14(13)21(11)17)24-18(23)22(16)12-7-3-2-4-8-12/h2-10H,1H3. The summed E-state index contributed by atoms with van der Waals surface area (Å²) in [5.74, 6) is 0.906. The molecule has 24 heavy (non-hydrogen) atoms. The Labute approximate surface area is 146 Å². The number of benzene rings is 2. The second-order valence-electron chi connectivity index (χ2n) is 5.61. The number of fused-ring (bicyclic) bond motifs is 5. The van der Waals surface area contributed by atoms with Gasteiger partial charge in [0.05, 0.1) is 11.0 Å². The van der Waals surface area contributed by atoms with E-state index in [0.717, 1.165) is 42.5 Å². The third-order valence-electron chi connectivity index (χ3n) is 4.16. The molecule has 5 aromatic rings. The van der Waals surface area contributed by atoms with Crippen LogP contribution in [0.15, 0.2) is 54.6 Å². The van der Waals surface area contributed by atoms with Crippen LogP contribution in [0.4, 0.5) is 0 Å². The molecule has 4 nitrogen and oxygen atoms in total. The van der Waals surface area contributed by atoms with E-state index in [1.165, 1.54) is 0 Å². The molecule has 0 saturated carbocycles. The normalized spacial score (nSPS) is 11.7. The second kappa shape index (κ2) is 4.96. The molecule has 2 aromatic carbocycles. The molecule has 0 unspecified atom stereocenters. The number of hydrogen-bond acceptors (Lipinski definition) is 4. The molecule has 0 atom stereocenters. The fraction of sp³-hybridized carbons (Fsp3) is 0.0556. The zero-order valence-corrected chi connectivity index (χ0v) is 14.4. The predicted molar refractivity (Wildman–Crippen MR) is 101 cm³/mol. The number of hydrogen-bond donors (Lipinski definition) is 0. The maximum absolute atomic E-state index is 5.63. The molecule has 0 aliphatic carbocycles. The van der Waals surface area contributed by atoms with E-state index in [0.29, 0.717) is 0 Å². The zero-order valence-electron chi connectivity index (χ0n) is 12.8. The van der Waals surface area contributed by atoms with Crippen LogP contribution in [0.1, 0.15) is 5.82 Å². The van der Waals surface area contributed by atoms with E-state index in [9.17, 15) is 0 Å². The Bertz CT molecular complexity index is 1280. The predicted octanol–water partition coefficient (Wildman–Crippen LogP) is 4.93.